The summed E-state index contributed by atoms with van der Waals surface area (Å²) in [6.45, 7) is 0. The van der Waals surface area contributed by atoms with E-state index in [0.717, 1.165) is 5.56 Å². The molecule has 126 valence electrons. The third kappa shape index (κ3) is 4.17. The van der Waals surface area contributed by atoms with Crippen molar-refractivity contribution in [3.8, 4) is 5.75 Å². The summed E-state index contributed by atoms with van der Waals surface area (Å²) < 4.78 is 2.95. The van der Waals surface area contributed by atoms with Crippen LogP contribution in [0.15, 0.2) is 41.8 Å². The Morgan fingerprint density at radius 2 is 2.08 bits per heavy atom. The van der Waals surface area contributed by atoms with Crippen LogP contribution in [-0.2, 0) is 0 Å². The van der Waals surface area contributed by atoms with Crippen molar-refractivity contribution in [2.45, 2.75) is 38.1 Å². The van der Waals surface area contributed by atoms with Gasteiger partial charge in [-0.1, -0.05) is 19.3 Å². The molecular weight excluding hydrogens is 417 g/mol. The van der Waals surface area contributed by atoms with Crippen LogP contribution in [0.2, 0.25) is 0 Å². The van der Waals surface area contributed by atoms with E-state index in [-0.39, 0.29) is 11.7 Å². The van der Waals surface area contributed by atoms with Crippen LogP contribution in [0.5, 0.6) is 5.75 Å². The van der Waals surface area contributed by atoms with Gasteiger partial charge in [-0.15, -0.1) is 0 Å². The molecule has 0 bridgehead atoms. The summed E-state index contributed by atoms with van der Waals surface area (Å²) in [7, 11) is 0. The molecule has 1 saturated carbocycles. The number of halogens is 1. The molecule has 0 unspecified atom stereocenters. The second-order valence-electron chi connectivity index (χ2n) is 6.05. The molecule has 1 amide bonds. The maximum absolute atomic E-state index is 12.0. The van der Waals surface area contributed by atoms with Crippen LogP contribution >= 0.6 is 22.6 Å². The van der Waals surface area contributed by atoms with Crippen LogP contribution in [0.4, 0.5) is 0 Å². The fraction of sp³-hybridized carbons (Fsp3) is 0.333. The van der Waals surface area contributed by atoms with Gasteiger partial charge in [0.2, 0.25) is 0 Å². The van der Waals surface area contributed by atoms with Crippen molar-refractivity contribution < 1.29 is 9.90 Å². The van der Waals surface area contributed by atoms with Gasteiger partial charge in [0.05, 0.1) is 9.78 Å². The zero-order valence-electron chi connectivity index (χ0n) is 13.3. The molecule has 3 rings (SSSR count). The van der Waals surface area contributed by atoms with Gasteiger partial charge in [-0.2, -0.15) is 5.10 Å². The quantitative estimate of drug-likeness (QED) is 0.430. The van der Waals surface area contributed by atoms with Gasteiger partial charge in [0, 0.05) is 29.6 Å². The van der Waals surface area contributed by atoms with E-state index in [1.54, 1.807) is 18.3 Å². The van der Waals surface area contributed by atoms with Crippen LogP contribution in [-0.4, -0.2) is 21.8 Å². The Morgan fingerprint density at radius 3 is 2.83 bits per heavy atom. The Kier molecular flexibility index (Phi) is 5.55. The van der Waals surface area contributed by atoms with Crippen molar-refractivity contribution >= 4 is 34.7 Å². The molecule has 1 fully saturated rings. The Labute approximate surface area is 154 Å². The van der Waals surface area contributed by atoms with E-state index in [2.05, 4.69) is 27.5 Å². The summed E-state index contributed by atoms with van der Waals surface area (Å²) in [5.74, 6) is -0.249. The van der Waals surface area contributed by atoms with Crippen LogP contribution in [0.1, 0.15) is 54.1 Å². The Morgan fingerprint density at radius 1 is 1.29 bits per heavy atom. The minimum absolute atomic E-state index is 0.0942. The monoisotopic (exact) mass is 437 g/mol. The first-order valence-corrected chi connectivity index (χ1v) is 9.21. The molecule has 0 spiro atoms. The van der Waals surface area contributed by atoms with Crippen molar-refractivity contribution in [1.82, 2.24) is 9.99 Å². The third-order valence-electron chi connectivity index (χ3n) is 4.32. The molecule has 1 aliphatic carbocycles. The van der Waals surface area contributed by atoms with Crippen LogP contribution in [0.25, 0.3) is 0 Å². The van der Waals surface area contributed by atoms with E-state index in [1.165, 1.54) is 38.2 Å². The number of aromatic hydroxyl groups is 1. The maximum atomic E-state index is 12.0. The van der Waals surface area contributed by atoms with Gasteiger partial charge in [0.15, 0.2) is 0 Å². The van der Waals surface area contributed by atoms with Gasteiger partial charge >= 0.3 is 0 Å². The highest BCUT2D eigenvalue weighted by Gasteiger charge is 2.14. The summed E-state index contributed by atoms with van der Waals surface area (Å²) in [5.41, 5.74) is 3.83. The number of hydrogen-bond donors (Lipinski definition) is 2. The summed E-state index contributed by atoms with van der Waals surface area (Å²) in [5, 5.41) is 13.7. The van der Waals surface area contributed by atoms with Gasteiger partial charge in [0.25, 0.3) is 5.91 Å². The molecule has 1 heterocycles. The molecule has 2 aromatic rings. The number of benzene rings is 1. The topological polar surface area (TPSA) is 66.6 Å². The molecule has 1 aromatic heterocycles. The Bertz CT molecular complexity index is 748. The zero-order chi connectivity index (χ0) is 16.9. The number of phenolic OH excluding ortho intramolecular Hbond substituents is 1. The lowest BCUT2D eigenvalue weighted by Crippen LogP contribution is -2.17. The van der Waals surface area contributed by atoms with E-state index in [1.807, 2.05) is 28.7 Å². The smallest absolute Gasteiger partial charge is 0.271 e. The highest BCUT2D eigenvalue weighted by Crippen LogP contribution is 2.28. The van der Waals surface area contributed by atoms with Crippen molar-refractivity contribution in [1.29, 1.82) is 0 Å². The van der Waals surface area contributed by atoms with Gasteiger partial charge in [0.1, 0.15) is 5.75 Å². The number of carbonyl (C=O) groups is 1. The summed E-state index contributed by atoms with van der Waals surface area (Å²) in [6, 6.07) is 7.38. The maximum Gasteiger partial charge on any atom is 0.271 e. The highest BCUT2D eigenvalue weighted by molar-refractivity contribution is 14.1. The highest BCUT2D eigenvalue weighted by atomic mass is 127. The van der Waals surface area contributed by atoms with Crippen molar-refractivity contribution in [2.24, 2.45) is 5.10 Å². The number of phenols is 1. The van der Waals surface area contributed by atoms with Gasteiger partial charge < -0.3 is 9.67 Å². The summed E-state index contributed by atoms with van der Waals surface area (Å²) in [6.07, 6.45) is 12.2. The van der Waals surface area contributed by atoms with E-state index in [0.29, 0.717) is 15.2 Å². The molecule has 5 nitrogen and oxygen atoms in total. The van der Waals surface area contributed by atoms with E-state index >= 15 is 0 Å². The molecule has 0 atom stereocenters. The summed E-state index contributed by atoms with van der Waals surface area (Å²) >= 11 is 2.01. The van der Waals surface area contributed by atoms with Crippen molar-refractivity contribution in [3.05, 3.63) is 51.4 Å². The van der Waals surface area contributed by atoms with Crippen LogP contribution in [0, 0.1) is 3.57 Å². The van der Waals surface area contributed by atoms with Crippen molar-refractivity contribution in [2.75, 3.05) is 0 Å². The first-order valence-electron chi connectivity index (χ1n) is 8.13. The molecule has 0 radical (unpaired) electrons. The minimum atomic E-state index is -0.343. The van der Waals surface area contributed by atoms with E-state index in [4.69, 9.17) is 0 Å². The predicted octanol–water partition coefficient (Wildman–Crippen LogP) is 4.07. The SMILES string of the molecule is O=C(N/N=C\c1ccn(C2CCCCC2)c1)c1ccc(I)c(O)c1. The standard InChI is InChI=1S/C18H20IN3O2/c19-16-7-6-14(10-17(16)23)18(24)21-20-11-13-8-9-22(12-13)15-4-2-1-3-5-15/h6-12,15,23H,1-5H2,(H,21,24)/b20-11-. The lowest BCUT2D eigenvalue weighted by Gasteiger charge is -2.23. The second-order valence-corrected chi connectivity index (χ2v) is 7.21. The molecule has 0 aliphatic heterocycles. The largest absolute Gasteiger partial charge is 0.507 e. The normalized spacial score (nSPS) is 15.7. The lowest BCUT2D eigenvalue weighted by molar-refractivity contribution is 0.0954. The molecule has 2 N–H and O–H groups in total. The third-order valence-corrected chi connectivity index (χ3v) is 5.23. The molecule has 1 aliphatic rings. The number of amides is 1. The van der Waals surface area contributed by atoms with E-state index < -0.39 is 0 Å². The molecule has 0 saturated heterocycles. The van der Waals surface area contributed by atoms with Crippen LogP contribution in [0.3, 0.4) is 0 Å². The number of carbonyl (C=O) groups excluding carboxylic acids is 1. The van der Waals surface area contributed by atoms with Crippen LogP contribution < -0.4 is 5.43 Å². The molecule has 6 heteroatoms. The molecule has 24 heavy (non-hydrogen) atoms. The first kappa shape index (κ1) is 17.0. The summed E-state index contributed by atoms with van der Waals surface area (Å²) in [4.78, 5) is 12.0. The number of rotatable bonds is 4. The van der Waals surface area contributed by atoms with E-state index in [9.17, 15) is 9.90 Å². The average Bonchev–Trinajstić information content (AvgIpc) is 3.07. The lowest BCUT2D eigenvalue weighted by atomic mass is 9.95. The average molecular weight is 437 g/mol. The van der Waals surface area contributed by atoms with Gasteiger partial charge in [-0.25, -0.2) is 5.43 Å². The fourth-order valence-corrected chi connectivity index (χ4v) is 3.33. The Balaban J connectivity index is 1.58. The van der Waals surface area contributed by atoms with Gasteiger partial charge in [-0.3, -0.25) is 4.79 Å². The fourth-order valence-electron chi connectivity index (χ4n) is 3.00. The van der Waals surface area contributed by atoms with Crippen molar-refractivity contribution in [3.63, 3.8) is 0 Å². The second kappa shape index (κ2) is 7.83. The number of nitrogens with zero attached hydrogens (tertiary/aromatic N) is 2. The Hall–Kier alpha value is -1.83. The minimum Gasteiger partial charge on any atom is -0.507 e. The molecular formula is C18H20IN3O2. The van der Waals surface area contributed by atoms with Gasteiger partial charge in [-0.05, 0) is 59.7 Å². The number of hydrazone groups is 1. The predicted molar refractivity (Wildman–Crippen MR) is 102 cm³/mol. The zero-order valence-corrected chi connectivity index (χ0v) is 15.4. The molecule has 1 aromatic carbocycles. The number of nitrogens with one attached hydrogen (secondary N) is 1. The first-order chi connectivity index (χ1) is 11.6. The number of aromatic nitrogens is 1. The number of hydrogen-bond acceptors (Lipinski definition) is 3.